The van der Waals surface area contributed by atoms with Crippen LogP contribution in [0.1, 0.15) is 70.3 Å². The molecule has 1 N–H and O–H groups in total. The number of carbonyl (C=O) groups is 1. The van der Waals surface area contributed by atoms with Crippen LogP contribution in [0.4, 0.5) is 8.78 Å². The third-order valence-corrected chi connectivity index (χ3v) is 8.97. The van der Waals surface area contributed by atoms with E-state index in [1.165, 1.54) is 12.0 Å². The van der Waals surface area contributed by atoms with Gasteiger partial charge in [0.05, 0.1) is 6.54 Å². The lowest BCUT2D eigenvalue weighted by Gasteiger charge is -2.66. The van der Waals surface area contributed by atoms with Gasteiger partial charge < -0.3 is 5.32 Å². The van der Waals surface area contributed by atoms with Gasteiger partial charge in [0.25, 0.3) is 5.92 Å². The summed E-state index contributed by atoms with van der Waals surface area (Å²) < 4.78 is 28.9. The van der Waals surface area contributed by atoms with Gasteiger partial charge in [-0.15, -0.1) is 0 Å². The summed E-state index contributed by atoms with van der Waals surface area (Å²) in [4.78, 5) is 13.7. The highest BCUT2D eigenvalue weighted by Crippen LogP contribution is 2.71. The number of Topliss-reactive ketones (excluding diaryl/α,β-unsaturated/α-hetero) is 1. The molecule has 4 heteroatoms. The molecule has 0 amide bonds. The Labute approximate surface area is 172 Å². The van der Waals surface area contributed by atoms with Gasteiger partial charge in [-0.2, -0.15) is 0 Å². The van der Waals surface area contributed by atoms with Crippen molar-refractivity contribution in [1.29, 1.82) is 0 Å². The van der Waals surface area contributed by atoms with E-state index in [1.54, 1.807) is 0 Å². The maximum Gasteiger partial charge on any atom is 0.263 e. The highest BCUT2D eigenvalue weighted by atomic mass is 19.3. The number of piperidine rings is 1. The van der Waals surface area contributed by atoms with Gasteiger partial charge in [-0.25, -0.2) is 8.78 Å². The van der Waals surface area contributed by atoms with E-state index in [4.69, 9.17) is 0 Å². The maximum absolute atomic E-state index is 14.5. The van der Waals surface area contributed by atoms with Crippen LogP contribution in [0.5, 0.6) is 0 Å². The van der Waals surface area contributed by atoms with Gasteiger partial charge in [0.2, 0.25) is 0 Å². The van der Waals surface area contributed by atoms with Crippen molar-refractivity contribution in [3.8, 4) is 0 Å². The molecule has 0 spiro atoms. The molecule has 5 aliphatic rings. The van der Waals surface area contributed by atoms with Crippen molar-refractivity contribution in [2.45, 2.75) is 76.0 Å². The Morgan fingerprint density at radius 3 is 2.62 bits per heavy atom. The first kappa shape index (κ1) is 19.7. The molecule has 158 valence electrons. The lowest BCUT2D eigenvalue weighted by molar-refractivity contribution is -0.165. The highest BCUT2D eigenvalue weighted by Gasteiger charge is 2.65. The van der Waals surface area contributed by atoms with E-state index in [1.807, 2.05) is 0 Å². The molecule has 3 unspecified atom stereocenters. The predicted molar refractivity (Wildman–Crippen MR) is 110 cm³/mol. The molecule has 1 saturated heterocycles. The van der Waals surface area contributed by atoms with Gasteiger partial charge in [0, 0.05) is 17.8 Å². The standard InChI is InChI=1S/C25H33F2NO/c1-2-22-11-18-12-23(14-22,19-6-4-3-5-7-19)16-24(13-18,15-22)21(29)10-20-8-9-28-17-25(20,26)27/h3-7,18,20,28H,2,8-17H2,1H3/t18?,20?,22-,23-,24?/m1/s1. The molecule has 1 heterocycles. The van der Waals surface area contributed by atoms with Gasteiger partial charge in [-0.1, -0.05) is 43.7 Å². The smallest absolute Gasteiger partial charge is 0.263 e. The number of alkyl halides is 2. The molecule has 29 heavy (non-hydrogen) atoms. The number of carbonyl (C=O) groups excluding carboxylic acids is 1. The first-order valence-electron chi connectivity index (χ1n) is 11.5. The van der Waals surface area contributed by atoms with Crippen LogP contribution >= 0.6 is 0 Å². The van der Waals surface area contributed by atoms with Gasteiger partial charge in [0.15, 0.2) is 0 Å². The molecule has 4 bridgehead atoms. The minimum absolute atomic E-state index is 0.0585. The predicted octanol–water partition coefficient (Wildman–Crippen LogP) is 5.51. The van der Waals surface area contributed by atoms with Crippen LogP contribution in [-0.2, 0) is 10.2 Å². The van der Waals surface area contributed by atoms with Gasteiger partial charge in [-0.05, 0) is 73.8 Å². The van der Waals surface area contributed by atoms with Crippen molar-refractivity contribution >= 4 is 5.78 Å². The summed E-state index contributed by atoms with van der Waals surface area (Å²) in [5, 5.41) is 2.80. The average molecular weight is 402 g/mol. The number of halogens is 2. The third-order valence-electron chi connectivity index (χ3n) is 8.97. The molecule has 1 aromatic rings. The molecule has 4 aliphatic carbocycles. The summed E-state index contributed by atoms with van der Waals surface area (Å²) in [7, 11) is 0. The Kier molecular flexibility index (Phi) is 4.48. The van der Waals surface area contributed by atoms with Gasteiger partial charge >= 0.3 is 0 Å². The van der Waals surface area contributed by atoms with E-state index in [0.29, 0.717) is 18.9 Å². The van der Waals surface area contributed by atoms with E-state index < -0.39 is 11.8 Å². The maximum atomic E-state index is 14.5. The topological polar surface area (TPSA) is 29.1 Å². The van der Waals surface area contributed by atoms with E-state index in [9.17, 15) is 13.6 Å². The van der Waals surface area contributed by atoms with Crippen molar-refractivity contribution in [3.63, 3.8) is 0 Å². The Morgan fingerprint density at radius 1 is 1.10 bits per heavy atom. The minimum Gasteiger partial charge on any atom is -0.311 e. The van der Waals surface area contributed by atoms with Crippen molar-refractivity contribution in [2.24, 2.45) is 22.7 Å². The Hall–Kier alpha value is -1.29. The number of hydrogen-bond acceptors (Lipinski definition) is 2. The monoisotopic (exact) mass is 401 g/mol. The molecule has 6 rings (SSSR count). The van der Waals surface area contributed by atoms with Crippen LogP contribution in [0, 0.1) is 22.7 Å². The van der Waals surface area contributed by atoms with Crippen molar-refractivity contribution in [1.82, 2.24) is 5.32 Å². The number of rotatable bonds is 5. The van der Waals surface area contributed by atoms with Crippen LogP contribution in [0.2, 0.25) is 0 Å². The molecule has 1 aliphatic heterocycles. The van der Waals surface area contributed by atoms with Crippen LogP contribution in [0.25, 0.3) is 0 Å². The van der Waals surface area contributed by atoms with E-state index in [-0.39, 0.29) is 35.0 Å². The van der Waals surface area contributed by atoms with Crippen LogP contribution < -0.4 is 5.32 Å². The lowest BCUT2D eigenvalue weighted by Crippen LogP contribution is -2.61. The largest absolute Gasteiger partial charge is 0.311 e. The Morgan fingerprint density at radius 2 is 1.90 bits per heavy atom. The number of hydrogen-bond donors (Lipinski definition) is 1. The second-order valence-electron chi connectivity index (χ2n) is 10.8. The normalized spacial score (nSPS) is 42.7. The minimum atomic E-state index is -2.77. The van der Waals surface area contributed by atoms with Crippen molar-refractivity contribution in [2.75, 3.05) is 13.1 Å². The lowest BCUT2D eigenvalue weighted by atomic mass is 9.37. The summed E-state index contributed by atoms with van der Waals surface area (Å²) in [6.45, 7) is 2.58. The van der Waals surface area contributed by atoms with E-state index >= 15 is 0 Å². The summed E-state index contributed by atoms with van der Waals surface area (Å²) in [5.41, 5.74) is 1.25. The molecule has 0 radical (unpaired) electrons. The van der Waals surface area contributed by atoms with Crippen molar-refractivity contribution < 1.29 is 13.6 Å². The fraction of sp³-hybridized carbons (Fsp3) is 0.720. The zero-order valence-corrected chi connectivity index (χ0v) is 17.5. The molecular formula is C25H33F2NO. The first-order valence-corrected chi connectivity index (χ1v) is 11.5. The van der Waals surface area contributed by atoms with Crippen LogP contribution in [0.15, 0.2) is 30.3 Å². The van der Waals surface area contributed by atoms with Gasteiger partial charge in [-0.3, -0.25) is 4.79 Å². The van der Waals surface area contributed by atoms with Crippen LogP contribution in [-0.4, -0.2) is 24.8 Å². The second-order valence-corrected chi connectivity index (χ2v) is 10.8. The fourth-order valence-electron chi connectivity index (χ4n) is 8.04. The fourth-order valence-corrected chi connectivity index (χ4v) is 8.04. The molecular weight excluding hydrogens is 368 g/mol. The summed E-state index contributed by atoms with van der Waals surface area (Å²) in [5.74, 6) is -2.86. The summed E-state index contributed by atoms with van der Waals surface area (Å²) >= 11 is 0. The number of nitrogens with one attached hydrogen (secondary N) is 1. The number of benzene rings is 1. The molecule has 4 saturated carbocycles. The van der Waals surface area contributed by atoms with E-state index in [0.717, 1.165) is 38.5 Å². The third kappa shape index (κ3) is 3.08. The Balaban J connectivity index is 1.48. The van der Waals surface area contributed by atoms with Crippen LogP contribution in [0.3, 0.4) is 0 Å². The first-order chi connectivity index (χ1) is 13.8. The van der Waals surface area contributed by atoms with Crippen molar-refractivity contribution in [3.05, 3.63) is 35.9 Å². The molecule has 2 nitrogen and oxygen atoms in total. The molecule has 0 aromatic heterocycles. The average Bonchev–Trinajstić information content (AvgIpc) is 2.69. The van der Waals surface area contributed by atoms with E-state index in [2.05, 4.69) is 42.6 Å². The molecule has 5 atom stereocenters. The molecule has 5 fully saturated rings. The van der Waals surface area contributed by atoms with Gasteiger partial charge in [0.1, 0.15) is 5.78 Å². The molecule has 1 aromatic carbocycles. The number of ketones is 1. The summed E-state index contributed by atoms with van der Waals surface area (Å²) in [6, 6.07) is 10.7. The highest BCUT2D eigenvalue weighted by molar-refractivity contribution is 5.86. The zero-order chi connectivity index (χ0) is 20.3. The Bertz CT molecular complexity index is 795. The zero-order valence-electron chi connectivity index (χ0n) is 17.5. The summed E-state index contributed by atoms with van der Waals surface area (Å²) in [6.07, 6.45) is 7.83. The SMILES string of the molecule is CC[C@]12CC3CC(C(=O)CC4CCNCC4(F)F)(C1)C[C@@](c1ccccc1)(C3)C2. The quantitative estimate of drug-likeness (QED) is 0.705. The second kappa shape index (κ2) is 6.60.